The fourth-order valence-electron chi connectivity index (χ4n) is 2.55. The van der Waals surface area contributed by atoms with Gasteiger partial charge in [-0.1, -0.05) is 18.7 Å². The van der Waals surface area contributed by atoms with E-state index in [9.17, 15) is 13.2 Å². The van der Waals surface area contributed by atoms with Gasteiger partial charge in [0.15, 0.2) is 0 Å². The van der Waals surface area contributed by atoms with Crippen molar-refractivity contribution < 1.29 is 17.9 Å². The van der Waals surface area contributed by atoms with Crippen LogP contribution in [-0.2, 0) is 21.2 Å². The molecule has 1 aliphatic heterocycles. The summed E-state index contributed by atoms with van der Waals surface area (Å²) in [6, 6.07) is 6.56. The second kappa shape index (κ2) is 6.29. The molecule has 0 spiro atoms. The maximum atomic E-state index is 12.4. The van der Waals surface area contributed by atoms with Crippen molar-refractivity contribution in [2.24, 2.45) is 0 Å². The van der Waals surface area contributed by atoms with Crippen LogP contribution >= 0.6 is 11.3 Å². The van der Waals surface area contributed by atoms with Gasteiger partial charge in [-0.05, 0) is 41.6 Å². The van der Waals surface area contributed by atoms with Gasteiger partial charge < -0.3 is 4.74 Å². The molecule has 0 saturated carbocycles. The molecule has 0 saturated heterocycles. The van der Waals surface area contributed by atoms with Crippen molar-refractivity contribution in [2.75, 3.05) is 10.0 Å². The van der Waals surface area contributed by atoms with Crippen molar-refractivity contribution >= 4 is 44.9 Å². The first-order valence-corrected chi connectivity index (χ1v) is 9.58. The van der Waals surface area contributed by atoms with Crippen LogP contribution in [0.5, 0.6) is 0 Å². The van der Waals surface area contributed by atoms with E-state index >= 15 is 0 Å². The Labute approximate surface area is 144 Å². The number of ether oxygens (including phenoxy) is 1. The van der Waals surface area contributed by atoms with Crippen LogP contribution in [-0.4, -0.2) is 20.6 Å². The van der Waals surface area contributed by atoms with Crippen LogP contribution in [0.2, 0.25) is 0 Å². The minimum atomic E-state index is -3.64. The second-order valence-electron chi connectivity index (χ2n) is 5.39. The molecule has 0 fully saturated rings. The number of cyclic esters (lactones) is 1. The molecule has 2 N–H and O–H groups in total. The number of nitrogens with one attached hydrogen (secondary N) is 2. The van der Waals surface area contributed by atoms with E-state index in [0.717, 1.165) is 16.9 Å². The maximum absolute atomic E-state index is 12.4. The molecule has 1 unspecified atom stereocenters. The molecule has 0 bridgehead atoms. The van der Waals surface area contributed by atoms with Gasteiger partial charge in [-0.2, -0.15) is 0 Å². The average Bonchev–Trinajstić information content (AvgIpc) is 2.99. The fourth-order valence-corrected chi connectivity index (χ4v) is 4.58. The average molecular weight is 364 g/mol. The summed E-state index contributed by atoms with van der Waals surface area (Å²) in [5.74, 6) is 0. The second-order valence-corrected chi connectivity index (χ2v) is 8.24. The number of carbonyl (C=O) groups excluding carboxylic acids is 1. The van der Waals surface area contributed by atoms with E-state index in [1.165, 1.54) is 0 Å². The summed E-state index contributed by atoms with van der Waals surface area (Å²) >= 11 is 1.14. The normalized spacial score (nSPS) is 17.2. The largest absolute Gasteiger partial charge is 0.446 e. The van der Waals surface area contributed by atoms with Crippen molar-refractivity contribution in [2.45, 2.75) is 23.7 Å². The standard InChI is InChI=1S/C16H16N2O4S2/c1-3-11-8-13(18-24(20,21)14-5-4-6-23-14)9-12-7-10(2)22-16(19)17-15(11)12/h3-6,8-10,18H,1,7H2,2H3,(H,17,19). The SMILES string of the molecule is C=Cc1cc(NS(=O)(=O)c2cccs2)cc2c1NC(=O)OC(C)C2. The summed E-state index contributed by atoms with van der Waals surface area (Å²) in [4.78, 5) is 11.7. The Morgan fingerprint density at radius 2 is 2.25 bits per heavy atom. The number of rotatable bonds is 4. The molecule has 2 heterocycles. The lowest BCUT2D eigenvalue weighted by molar-refractivity contribution is 0.123. The van der Waals surface area contributed by atoms with Gasteiger partial charge in [0.1, 0.15) is 10.3 Å². The number of thiophene rings is 1. The lowest BCUT2D eigenvalue weighted by atomic mass is 10.0. The third kappa shape index (κ3) is 3.29. The van der Waals surface area contributed by atoms with Crippen molar-refractivity contribution in [1.82, 2.24) is 0 Å². The van der Waals surface area contributed by atoms with E-state index in [-0.39, 0.29) is 10.3 Å². The van der Waals surface area contributed by atoms with E-state index in [4.69, 9.17) is 4.74 Å². The number of fused-ring (bicyclic) bond motifs is 1. The molecule has 0 aliphatic carbocycles. The van der Waals surface area contributed by atoms with Crippen molar-refractivity contribution in [1.29, 1.82) is 0 Å². The Bertz CT molecular complexity index is 889. The third-order valence-corrected chi connectivity index (χ3v) is 6.30. The van der Waals surface area contributed by atoms with Crippen LogP contribution in [0.4, 0.5) is 16.2 Å². The molecule has 1 aliphatic rings. The van der Waals surface area contributed by atoms with Crippen molar-refractivity contribution in [3.05, 3.63) is 47.4 Å². The molecule has 24 heavy (non-hydrogen) atoms. The third-order valence-electron chi connectivity index (χ3n) is 3.53. The van der Waals surface area contributed by atoms with Gasteiger partial charge in [0, 0.05) is 12.1 Å². The van der Waals surface area contributed by atoms with Crippen LogP contribution in [0.3, 0.4) is 0 Å². The Kier molecular flexibility index (Phi) is 4.33. The highest BCUT2D eigenvalue weighted by molar-refractivity contribution is 7.94. The quantitative estimate of drug-likeness (QED) is 0.867. The molecule has 1 amide bonds. The van der Waals surface area contributed by atoms with E-state index in [0.29, 0.717) is 23.4 Å². The smallest absolute Gasteiger partial charge is 0.411 e. The summed E-state index contributed by atoms with van der Waals surface area (Å²) in [6.45, 7) is 5.52. The molecular formula is C16H16N2O4S2. The minimum absolute atomic E-state index is 0.239. The number of hydrogen-bond donors (Lipinski definition) is 2. The lowest BCUT2D eigenvalue weighted by Crippen LogP contribution is -2.17. The summed E-state index contributed by atoms with van der Waals surface area (Å²) in [7, 11) is -3.64. The summed E-state index contributed by atoms with van der Waals surface area (Å²) in [6.07, 6.45) is 1.20. The van der Waals surface area contributed by atoms with Crippen LogP contribution < -0.4 is 10.0 Å². The van der Waals surface area contributed by atoms with Crippen molar-refractivity contribution in [3.63, 3.8) is 0 Å². The minimum Gasteiger partial charge on any atom is -0.446 e. The molecule has 8 heteroatoms. The van der Waals surface area contributed by atoms with Gasteiger partial charge in [0.25, 0.3) is 10.0 Å². The molecule has 126 valence electrons. The zero-order valence-electron chi connectivity index (χ0n) is 12.9. The van der Waals surface area contributed by atoms with Gasteiger partial charge in [-0.3, -0.25) is 10.0 Å². The predicted molar refractivity (Wildman–Crippen MR) is 94.9 cm³/mol. The molecule has 3 rings (SSSR count). The Morgan fingerprint density at radius 1 is 1.46 bits per heavy atom. The zero-order chi connectivity index (χ0) is 17.3. The number of carbonyl (C=O) groups is 1. The maximum Gasteiger partial charge on any atom is 0.411 e. The number of hydrogen-bond acceptors (Lipinski definition) is 5. The summed E-state index contributed by atoms with van der Waals surface area (Å²) in [5.41, 5.74) is 2.43. The van der Waals surface area contributed by atoms with Gasteiger partial charge in [-0.25, -0.2) is 13.2 Å². The molecular weight excluding hydrogens is 348 g/mol. The molecule has 1 aromatic heterocycles. The first-order chi connectivity index (χ1) is 11.4. The Morgan fingerprint density at radius 3 is 2.92 bits per heavy atom. The first-order valence-electron chi connectivity index (χ1n) is 7.22. The van der Waals surface area contributed by atoms with E-state index in [1.807, 2.05) is 0 Å². The first kappa shape index (κ1) is 16.5. The Balaban J connectivity index is 2.02. The highest BCUT2D eigenvalue weighted by Gasteiger charge is 2.23. The van der Waals surface area contributed by atoms with Crippen LogP contribution in [0.1, 0.15) is 18.1 Å². The monoisotopic (exact) mass is 364 g/mol. The van der Waals surface area contributed by atoms with Crippen LogP contribution in [0, 0.1) is 0 Å². The summed E-state index contributed by atoms with van der Waals surface area (Å²) < 4.78 is 32.8. The highest BCUT2D eigenvalue weighted by Crippen LogP contribution is 2.32. The highest BCUT2D eigenvalue weighted by atomic mass is 32.2. The fraction of sp³-hybridized carbons (Fsp3) is 0.188. The van der Waals surface area contributed by atoms with Crippen molar-refractivity contribution in [3.8, 4) is 0 Å². The molecule has 2 aromatic rings. The number of benzene rings is 1. The van der Waals surface area contributed by atoms with E-state index < -0.39 is 16.1 Å². The molecule has 1 aromatic carbocycles. The molecule has 6 nitrogen and oxygen atoms in total. The Hall–Kier alpha value is -2.32. The van der Waals surface area contributed by atoms with Crippen LogP contribution in [0.15, 0.2) is 40.4 Å². The van der Waals surface area contributed by atoms with Gasteiger partial charge >= 0.3 is 6.09 Å². The number of anilines is 2. The van der Waals surface area contributed by atoms with Gasteiger partial charge in [0.05, 0.1) is 5.69 Å². The van der Waals surface area contributed by atoms with Crippen LogP contribution in [0.25, 0.3) is 6.08 Å². The summed E-state index contributed by atoms with van der Waals surface area (Å²) in [5, 5.41) is 4.39. The lowest BCUT2D eigenvalue weighted by Gasteiger charge is -2.14. The topological polar surface area (TPSA) is 84.5 Å². The number of amides is 1. The molecule has 1 atom stereocenters. The van der Waals surface area contributed by atoms with Gasteiger partial charge in [0.2, 0.25) is 0 Å². The zero-order valence-corrected chi connectivity index (χ0v) is 14.5. The van der Waals surface area contributed by atoms with Gasteiger partial charge in [-0.15, -0.1) is 11.3 Å². The predicted octanol–water partition coefficient (Wildman–Crippen LogP) is 3.69. The van der Waals surface area contributed by atoms with E-state index in [2.05, 4.69) is 16.6 Å². The van der Waals surface area contributed by atoms with E-state index in [1.54, 1.807) is 42.6 Å². The molecule has 0 radical (unpaired) electrons. The number of sulfonamides is 1.